The van der Waals surface area contributed by atoms with E-state index in [1.165, 1.54) is 0 Å². The lowest BCUT2D eigenvalue weighted by Gasteiger charge is -2.14. The van der Waals surface area contributed by atoms with Crippen molar-refractivity contribution in [1.82, 2.24) is 4.98 Å². The number of rotatable bonds is 1. The maximum atomic E-state index is 5.65. The molecule has 0 saturated carbocycles. The van der Waals surface area contributed by atoms with Crippen LogP contribution in [0.25, 0.3) is 0 Å². The monoisotopic (exact) mass is 294 g/mol. The lowest BCUT2D eigenvalue weighted by Crippen LogP contribution is -2.11. The van der Waals surface area contributed by atoms with Crippen LogP contribution >= 0.6 is 22.6 Å². The first-order valence-corrected chi connectivity index (χ1v) is 5.24. The molecule has 0 N–H and O–H groups in total. The molecule has 0 amide bonds. The summed E-state index contributed by atoms with van der Waals surface area (Å²) in [4.78, 5) is 6.19. The van der Waals surface area contributed by atoms with Crippen molar-refractivity contribution >= 4 is 28.6 Å². The van der Waals surface area contributed by atoms with Crippen LogP contribution in [0.2, 0.25) is 0 Å². The van der Waals surface area contributed by atoms with Crippen LogP contribution in [-0.2, 0) is 5.41 Å². The quantitative estimate of drug-likeness (QED) is 0.746. The van der Waals surface area contributed by atoms with Crippen molar-refractivity contribution in [1.29, 1.82) is 0 Å². The number of aromatic nitrogens is 1. The standard InChI is InChI=1S/C9H15IN2O/c1-9(2,3)6-7(10)11-8(13-6)12(4)5/h1-5H3. The third kappa shape index (κ3) is 2.36. The summed E-state index contributed by atoms with van der Waals surface area (Å²) in [5, 5.41) is 0. The SMILES string of the molecule is CN(C)c1nc(I)c(C(C)(C)C)o1. The first-order valence-electron chi connectivity index (χ1n) is 4.16. The van der Waals surface area contributed by atoms with Crippen molar-refractivity contribution in [2.24, 2.45) is 0 Å². The van der Waals surface area contributed by atoms with Gasteiger partial charge in [0, 0.05) is 19.5 Å². The molecule has 1 rings (SSSR count). The van der Waals surface area contributed by atoms with Gasteiger partial charge in [-0.3, -0.25) is 0 Å². The molecular weight excluding hydrogens is 279 g/mol. The average molecular weight is 294 g/mol. The van der Waals surface area contributed by atoms with Gasteiger partial charge in [-0.2, -0.15) is 4.98 Å². The van der Waals surface area contributed by atoms with Crippen LogP contribution < -0.4 is 4.90 Å². The van der Waals surface area contributed by atoms with Gasteiger partial charge in [-0.1, -0.05) is 20.8 Å². The van der Waals surface area contributed by atoms with E-state index in [4.69, 9.17) is 4.42 Å². The lowest BCUT2D eigenvalue weighted by molar-refractivity contribution is 0.408. The molecule has 0 bridgehead atoms. The normalized spacial score (nSPS) is 11.8. The highest BCUT2D eigenvalue weighted by molar-refractivity contribution is 14.1. The van der Waals surface area contributed by atoms with Gasteiger partial charge in [0.1, 0.15) is 9.46 Å². The molecule has 0 saturated heterocycles. The number of hydrogen-bond acceptors (Lipinski definition) is 3. The smallest absolute Gasteiger partial charge is 0.297 e. The molecule has 0 aliphatic carbocycles. The maximum Gasteiger partial charge on any atom is 0.297 e. The van der Waals surface area contributed by atoms with Gasteiger partial charge in [-0.15, -0.1) is 0 Å². The summed E-state index contributed by atoms with van der Waals surface area (Å²) >= 11 is 2.21. The van der Waals surface area contributed by atoms with Crippen molar-refractivity contribution in [3.8, 4) is 0 Å². The van der Waals surface area contributed by atoms with Gasteiger partial charge >= 0.3 is 0 Å². The zero-order chi connectivity index (χ0) is 10.2. The van der Waals surface area contributed by atoms with E-state index in [9.17, 15) is 0 Å². The minimum absolute atomic E-state index is 0.0256. The molecule has 3 nitrogen and oxygen atoms in total. The van der Waals surface area contributed by atoms with Crippen LogP contribution in [0.3, 0.4) is 0 Å². The minimum Gasteiger partial charge on any atom is -0.427 e. The van der Waals surface area contributed by atoms with Crippen molar-refractivity contribution in [3.05, 3.63) is 9.46 Å². The Balaban J connectivity index is 3.11. The molecule has 1 aromatic rings. The summed E-state index contributed by atoms with van der Waals surface area (Å²) in [7, 11) is 3.85. The molecular formula is C9H15IN2O. The van der Waals surface area contributed by atoms with Gasteiger partial charge in [0.15, 0.2) is 0 Å². The Bertz CT molecular complexity index is 299. The highest BCUT2D eigenvalue weighted by Crippen LogP contribution is 2.30. The van der Waals surface area contributed by atoms with Gasteiger partial charge in [0.2, 0.25) is 0 Å². The predicted octanol–water partition coefficient (Wildman–Crippen LogP) is 2.64. The van der Waals surface area contributed by atoms with E-state index in [1.807, 2.05) is 19.0 Å². The summed E-state index contributed by atoms with van der Waals surface area (Å²) in [6.07, 6.45) is 0. The van der Waals surface area contributed by atoms with Crippen LogP contribution in [0.4, 0.5) is 6.01 Å². The van der Waals surface area contributed by atoms with E-state index < -0.39 is 0 Å². The fourth-order valence-corrected chi connectivity index (χ4v) is 2.07. The van der Waals surface area contributed by atoms with Gasteiger partial charge in [0.25, 0.3) is 6.01 Å². The molecule has 4 heteroatoms. The molecule has 1 aromatic heterocycles. The van der Waals surface area contributed by atoms with Gasteiger partial charge in [0.05, 0.1) is 0 Å². The minimum atomic E-state index is 0.0256. The van der Waals surface area contributed by atoms with Crippen LogP contribution in [-0.4, -0.2) is 19.1 Å². The molecule has 13 heavy (non-hydrogen) atoms. The Morgan fingerprint density at radius 3 is 2.08 bits per heavy atom. The molecule has 0 unspecified atom stereocenters. The maximum absolute atomic E-state index is 5.65. The summed E-state index contributed by atoms with van der Waals surface area (Å²) in [6.45, 7) is 6.36. The number of nitrogens with zero attached hydrogens (tertiary/aromatic N) is 2. The molecule has 0 radical (unpaired) electrons. The number of halogens is 1. The van der Waals surface area contributed by atoms with Crippen molar-refractivity contribution in [3.63, 3.8) is 0 Å². The summed E-state index contributed by atoms with van der Waals surface area (Å²) in [5.74, 6) is 0.955. The molecule has 74 valence electrons. The second-order valence-corrected chi connectivity index (χ2v) is 5.28. The first kappa shape index (κ1) is 10.8. The van der Waals surface area contributed by atoms with Gasteiger partial charge in [-0.05, 0) is 22.6 Å². The summed E-state index contributed by atoms with van der Waals surface area (Å²) in [6, 6.07) is 0.675. The highest BCUT2D eigenvalue weighted by Gasteiger charge is 2.24. The van der Waals surface area contributed by atoms with E-state index in [0.29, 0.717) is 6.01 Å². The topological polar surface area (TPSA) is 29.3 Å². The fourth-order valence-electron chi connectivity index (χ4n) is 0.945. The second kappa shape index (κ2) is 3.48. The Morgan fingerprint density at radius 2 is 1.85 bits per heavy atom. The third-order valence-electron chi connectivity index (χ3n) is 1.64. The van der Waals surface area contributed by atoms with Crippen LogP contribution in [0.15, 0.2) is 4.42 Å². The van der Waals surface area contributed by atoms with Crippen molar-refractivity contribution in [2.75, 3.05) is 19.0 Å². The molecule has 0 spiro atoms. The first-order chi connectivity index (χ1) is 5.82. The molecule has 0 fully saturated rings. The predicted molar refractivity (Wildman–Crippen MR) is 62.2 cm³/mol. The van der Waals surface area contributed by atoms with E-state index in [-0.39, 0.29) is 5.41 Å². The fraction of sp³-hybridized carbons (Fsp3) is 0.667. The molecule has 0 aliphatic rings. The Hall–Kier alpha value is -0.260. The molecule has 0 atom stereocenters. The van der Waals surface area contributed by atoms with Crippen LogP contribution in [0.5, 0.6) is 0 Å². The zero-order valence-corrected chi connectivity index (χ0v) is 10.8. The lowest BCUT2D eigenvalue weighted by atomic mass is 9.94. The largest absolute Gasteiger partial charge is 0.427 e. The van der Waals surface area contributed by atoms with E-state index in [0.717, 1.165) is 9.46 Å². The summed E-state index contributed by atoms with van der Waals surface area (Å²) < 4.78 is 6.60. The van der Waals surface area contributed by atoms with Gasteiger partial charge < -0.3 is 9.32 Å². The highest BCUT2D eigenvalue weighted by atomic mass is 127. The van der Waals surface area contributed by atoms with Crippen LogP contribution in [0.1, 0.15) is 26.5 Å². The molecule has 0 aromatic carbocycles. The number of oxazole rings is 1. The molecule has 1 heterocycles. The van der Waals surface area contributed by atoms with E-state index >= 15 is 0 Å². The third-order valence-corrected chi connectivity index (χ3v) is 2.37. The number of anilines is 1. The molecule has 0 aliphatic heterocycles. The number of hydrogen-bond donors (Lipinski definition) is 0. The van der Waals surface area contributed by atoms with Gasteiger partial charge in [-0.25, -0.2) is 0 Å². The zero-order valence-electron chi connectivity index (χ0n) is 8.68. The average Bonchev–Trinajstić information content (AvgIpc) is 2.29. The van der Waals surface area contributed by atoms with Crippen molar-refractivity contribution < 1.29 is 4.42 Å². The van der Waals surface area contributed by atoms with E-state index in [1.54, 1.807) is 0 Å². The van der Waals surface area contributed by atoms with Crippen molar-refractivity contribution in [2.45, 2.75) is 26.2 Å². The Kier molecular flexibility index (Phi) is 2.89. The van der Waals surface area contributed by atoms with Crippen LogP contribution in [0, 0.1) is 3.70 Å². The second-order valence-electron chi connectivity index (χ2n) is 4.26. The Labute approximate surface area is 92.7 Å². The Morgan fingerprint density at radius 1 is 1.31 bits per heavy atom. The summed E-state index contributed by atoms with van der Waals surface area (Å²) in [5.41, 5.74) is 0.0256. The van der Waals surface area contributed by atoms with E-state index in [2.05, 4.69) is 48.3 Å².